The van der Waals surface area contributed by atoms with Gasteiger partial charge in [0.2, 0.25) is 0 Å². The Balaban J connectivity index is 5.08. The van der Waals surface area contributed by atoms with E-state index in [1.54, 1.807) is 0 Å². The van der Waals surface area contributed by atoms with Crippen LogP contribution in [0.1, 0.15) is 68.2 Å². The second-order valence-corrected chi connectivity index (χ2v) is 21.1. The maximum atomic E-state index is 11.0. The zero-order chi connectivity index (χ0) is 23.3. The number of carboxylic acids is 1. The Morgan fingerprint density at radius 2 is 1.21 bits per heavy atom. The topological polar surface area (TPSA) is 59.0 Å². The van der Waals surface area contributed by atoms with E-state index in [1.165, 1.54) is 0 Å². The van der Waals surface area contributed by atoms with Crippen LogP contribution in [0.5, 0.6) is 0 Å². The summed E-state index contributed by atoms with van der Waals surface area (Å²) >= 11 is 0. The Morgan fingerprint density at radius 3 is 1.48 bits per heavy atom. The molecule has 0 rings (SSSR count). The van der Waals surface area contributed by atoms with Gasteiger partial charge in [0, 0.05) is 19.5 Å². The molecule has 0 radical (unpaired) electrons. The van der Waals surface area contributed by atoms with Crippen LogP contribution in [0.25, 0.3) is 0 Å². The van der Waals surface area contributed by atoms with Crippen LogP contribution in [-0.4, -0.2) is 64.5 Å². The number of carboxylic acid groups (broad SMARTS) is 1. The second-order valence-electron chi connectivity index (χ2n) is 11.6. The molecular weight excluding hydrogens is 398 g/mol. The molecule has 0 saturated heterocycles. The molecule has 29 heavy (non-hydrogen) atoms. The summed E-state index contributed by atoms with van der Waals surface area (Å²) in [4.78, 5) is 13.3. The number of rotatable bonds is 12. The summed E-state index contributed by atoms with van der Waals surface area (Å²) in [6.07, 6.45) is 1.07. The van der Waals surface area contributed by atoms with Gasteiger partial charge in [-0.2, -0.15) is 0 Å². The van der Waals surface area contributed by atoms with Gasteiger partial charge in [0.05, 0.1) is 12.2 Å². The summed E-state index contributed by atoms with van der Waals surface area (Å²) in [6.45, 7) is 29.3. The van der Waals surface area contributed by atoms with Crippen LogP contribution in [0.2, 0.25) is 36.3 Å². The first-order chi connectivity index (χ1) is 12.8. The maximum Gasteiger partial charge on any atom is 0.303 e. The van der Waals surface area contributed by atoms with Crippen molar-refractivity contribution in [2.75, 3.05) is 19.6 Å². The second kappa shape index (κ2) is 10.9. The van der Waals surface area contributed by atoms with Crippen molar-refractivity contribution in [3.8, 4) is 0 Å². The molecule has 7 heteroatoms. The van der Waals surface area contributed by atoms with Gasteiger partial charge in [-0.15, -0.1) is 0 Å². The summed E-state index contributed by atoms with van der Waals surface area (Å²) in [5.74, 6) is -0.735. The molecular formula is C22H49NO4Si2. The number of hydrogen-bond donors (Lipinski definition) is 1. The van der Waals surface area contributed by atoms with E-state index in [0.29, 0.717) is 6.42 Å². The van der Waals surface area contributed by atoms with E-state index < -0.39 is 22.6 Å². The molecule has 0 aliphatic rings. The van der Waals surface area contributed by atoms with Crippen LogP contribution in [0.3, 0.4) is 0 Å². The normalized spacial score (nSPS) is 16.2. The predicted octanol–water partition coefficient (Wildman–Crippen LogP) is 5.97. The molecule has 0 aromatic rings. The quantitative estimate of drug-likeness (QED) is 0.373. The van der Waals surface area contributed by atoms with Crippen molar-refractivity contribution in [1.82, 2.24) is 4.90 Å². The molecule has 0 aromatic heterocycles. The highest BCUT2D eigenvalue weighted by Gasteiger charge is 2.40. The third-order valence-electron chi connectivity index (χ3n) is 6.50. The Hall–Kier alpha value is -0.216. The monoisotopic (exact) mass is 447 g/mol. The lowest BCUT2D eigenvalue weighted by molar-refractivity contribution is -0.137. The largest absolute Gasteiger partial charge is 0.481 e. The molecule has 0 aliphatic carbocycles. The molecule has 0 aliphatic heterocycles. The standard InChI is InChI=1S/C22H49NO4Si2/c1-18(26-28(9,10)21(3,4)5)16-23(15-13-14-20(24)25)17-19(2)27-29(11,12)22(6,7)8/h18-19H,13-17H2,1-12H3,(H,24,25). The highest BCUT2D eigenvalue weighted by Crippen LogP contribution is 2.38. The average molecular weight is 448 g/mol. The van der Waals surface area contributed by atoms with Crippen molar-refractivity contribution in [2.45, 2.75) is 117 Å². The lowest BCUT2D eigenvalue weighted by Gasteiger charge is -2.41. The Bertz CT molecular complexity index is 474. The Labute approximate surface area is 182 Å². The molecule has 2 unspecified atom stereocenters. The molecule has 0 fully saturated rings. The Morgan fingerprint density at radius 1 is 0.862 bits per heavy atom. The van der Waals surface area contributed by atoms with E-state index in [2.05, 4.69) is 86.5 Å². The van der Waals surface area contributed by atoms with Crippen LogP contribution >= 0.6 is 0 Å². The summed E-state index contributed by atoms with van der Waals surface area (Å²) < 4.78 is 13.1. The van der Waals surface area contributed by atoms with Gasteiger partial charge < -0.3 is 14.0 Å². The fourth-order valence-corrected chi connectivity index (χ4v) is 5.74. The van der Waals surface area contributed by atoms with Crippen molar-refractivity contribution in [2.24, 2.45) is 0 Å². The third-order valence-corrected chi connectivity index (χ3v) is 15.7. The first kappa shape index (κ1) is 28.8. The van der Waals surface area contributed by atoms with E-state index in [1.807, 2.05) is 0 Å². The van der Waals surface area contributed by atoms with Crippen molar-refractivity contribution in [1.29, 1.82) is 0 Å². The maximum absolute atomic E-state index is 11.0. The van der Waals surface area contributed by atoms with Crippen LogP contribution in [0.4, 0.5) is 0 Å². The summed E-state index contributed by atoms with van der Waals surface area (Å²) in [7, 11) is -3.66. The van der Waals surface area contributed by atoms with Gasteiger partial charge in [-0.25, -0.2) is 0 Å². The van der Waals surface area contributed by atoms with Gasteiger partial charge in [0.1, 0.15) is 0 Å². The van der Waals surface area contributed by atoms with E-state index >= 15 is 0 Å². The molecule has 1 N–H and O–H groups in total. The molecule has 0 heterocycles. The predicted molar refractivity (Wildman–Crippen MR) is 129 cm³/mol. The molecule has 0 aromatic carbocycles. The first-order valence-electron chi connectivity index (χ1n) is 11.1. The fourth-order valence-electron chi connectivity index (χ4n) is 2.87. The minimum absolute atomic E-state index is 0.112. The van der Waals surface area contributed by atoms with Crippen molar-refractivity contribution in [3.63, 3.8) is 0 Å². The van der Waals surface area contributed by atoms with Gasteiger partial charge >= 0.3 is 5.97 Å². The highest BCUT2D eigenvalue weighted by molar-refractivity contribution is 6.74. The smallest absolute Gasteiger partial charge is 0.303 e. The van der Waals surface area contributed by atoms with E-state index in [-0.39, 0.29) is 28.7 Å². The van der Waals surface area contributed by atoms with Gasteiger partial charge in [-0.05, 0) is 63.1 Å². The average Bonchev–Trinajstić information content (AvgIpc) is 2.42. The van der Waals surface area contributed by atoms with Crippen molar-refractivity contribution in [3.05, 3.63) is 0 Å². The minimum Gasteiger partial charge on any atom is -0.481 e. The minimum atomic E-state index is -1.83. The van der Waals surface area contributed by atoms with Gasteiger partial charge in [-0.3, -0.25) is 9.69 Å². The van der Waals surface area contributed by atoms with Crippen LogP contribution in [0, 0.1) is 0 Å². The zero-order valence-electron chi connectivity index (χ0n) is 21.3. The highest BCUT2D eigenvalue weighted by atomic mass is 28.4. The van der Waals surface area contributed by atoms with Crippen molar-refractivity contribution >= 4 is 22.6 Å². The van der Waals surface area contributed by atoms with Crippen LogP contribution in [0.15, 0.2) is 0 Å². The number of aliphatic carboxylic acids is 1. The van der Waals surface area contributed by atoms with Gasteiger partial charge in [0.25, 0.3) is 0 Å². The molecule has 174 valence electrons. The first-order valence-corrected chi connectivity index (χ1v) is 16.9. The zero-order valence-corrected chi connectivity index (χ0v) is 23.3. The Kier molecular flexibility index (Phi) is 10.8. The van der Waals surface area contributed by atoms with E-state index in [4.69, 9.17) is 14.0 Å². The lowest BCUT2D eigenvalue weighted by atomic mass is 10.2. The summed E-state index contributed by atoms with van der Waals surface area (Å²) in [5.41, 5.74) is 0. The fraction of sp³-hybridized carbons (Fsp3) is 0.955. The van der Waals surface area contributed by atoms with E-state index in [0.717, 1.165) is 19.6 Å². The van der Waals surface area contributed by atoms with E-state index in [9.17, 15) is 4.79 Å². The number of nitrogens with zero attached hydrogens (tertiary/aromatic N) is 1. The molecule has 2 atom stereocenters. The third kappa shape index (κ3) is 10.6. The van der Waals surface area contributed by atoms with Gasteiger partial charge in [0.15, 0.2) is 16.6 Å². The van der Waals surface area contributed by atoms with Crippen LogP contribution in [-0.2, 0) is 13.6 Å². The van der Waals surface area contributed by atoms with Gasteiger partial charge in [-0.1, -0.05) is 41.5 Å². The van der Waals surface area contributed by atoms with Crippen LogP contribution < -0.4 is 0 Å². The molecule has 5 nitrogen and oxygen atoms in total. The summed E-state index contributed by atoms with van der Waals surface area (Å²) in [5, 5.41) is 9.37. The summed E-state index contributed by atoms with van der Waals surface area (Å²) in [6, 6.07) is 0. The number of hydrogen-bond acceptors (Lipinski definition) is 4. The lowest BCUT2D eigenvalue weighted by Crippen LogP contribution is -2.49. The molecule has 0 bridgehead atoms. The molecule has 0 spiro atoms. The molecule has 0 amide bonds. The number of carbonyl (C=O) groups is 1. The SMILES string of the molecule is CC(CN(CCCC(=O)O)CC(C)O[Si](C)(C)C(C)(C)C)O[Si](C)(C)C(C)(C)C. The molecule has 0 saturated carbocycles. The van der Waals surface area contributed by atoms with Crippen molar-refractivity contribution < 1.29 is 18.8 Å².